The van der Waals surface area contributed by atoms with Crippen molar-refractivity contribution in [3.63, 3.8) is 0 Å². The van der Waals surface area contributed by atoms with Crippen LogP contribution in [0.4, 0.5) is 11.4 Å². The van der Waals surface area contributed by atoms with Crippen LogP contribution in [0.1, 0.15) is 37.3 Å². The lowest BCUT2D eigenvalue weighted by atomic mass is 9.62. The molecular formula is C30H26N4O3. The maximum absolute atomic E-state index is 14.2. The summed E-state index contributed by atoms with van der Waals surface area (Å²) < 4.78 is 6.62. The highest BCUT2D eigenvalue weighted by atomic mass is 16.5. The van der Waals surface area contributed by atoms with Crippen LogP contribution in [0.5, 0.6) is 0 Å². The molecule has 1 amide bonds. The summed E-state index contributed by atoms with van der Waals surface area (Å²) in [6.45, 7) is 2.56. The van der Waals surface area contributed by atoms with Crippen molar-refractivity contribution in [1.82, 2.24) is 0 Å². The van der Waals surface area contributed by atoms with Gasteiger partial charge in [-0.15, -0.1) is 0 Å². The fourth-order valence-electron chi connectivity index (χ4n) is 6.75. The molecule has 3 aromatic carbocycles. The van der Waals surface area contributed by atoms with E-state index >= 15 is 0 Å². The number of fused-ring (bicyclic) bond motifs is 6. The summed E-state index contributed by atoms with van der Waals surface area (Å²) in [5.41, 5.74) is 1.33. The first-order valence-electron chi connectivity index (χ1n) is 12.6. The third kappa shape index (κ3) is 3.50. The van der Waals surface area contributed by atoms with Gasteiger partial charge < -0.3 is 15.0 Å². The molecule has 3 heterocycles. The molecule has 0 aliphatic carbocycles. The van der Waals surface area contributed by atoms with Gasteiger partial charge in [0, 0.05) is 23.0 Å². The summed E-state index contributed by atoms with van der Waals surface area (Å²) in [4.78, 5) is 29.4. The van der Waals surface area contributed by atoms with E-state index in [2.05, 4.69) is 17.5 Å². The average Bonchev–Trinajstić information content (AvgIpc) is 3.40. The number of ketones is 1. The van der Waals surface area contributed by atoms with Crippen LogP contribution in [0, 0.1) is 34.5 Å². The molecule has 1 N–H and O–H groups in total. The summed E-state index contributed by atoms with van der Waals surface area (Å²) >= 11 is 0. The lowest BCUT2D eigenvalue weighted by molar-refractivity contribution is -0.139. The summed E-state index contributed by atoms with van der Waals surface area (Å²) in [6, 6.07) is 22.6. The summed E-state index contributed by atoms with van der Waals surface area (Å²) in [6.07, 6.45) is 2.06. The molecule has 7 nitrogen and oxygen atoms in total. The minimum Gasteiger partial charge on any atom is -0.385 e. The van der Waals surface area contributed by atoms with Crippen LogP contribution in [0.15, 0.2) is 60.7 Å². The van der Waals surface area contributed by atoms with Gasteiger partial charge in [0.1, 0.15) is 0 Å². The largest absolute Gasteiger partial charge is 0.385 e. The van der Waals surface area contributed by atoms with E-state index in [1.165, 1.54) is 0 Å². The predicted octanol–water partition coefficient (Wildman–Crippen LogP) is 4.55. The standard InChI is InChI=1S/C30H26N4O3/c1-29-12-13-30(37-29,14-15-33-21-9-6-19(16-31)7-10-21)27-26(29)25(35)18-34(28(27)36)24-11-8-20(17-32)22-4-2-3-5-23(22)24/h2-11,26-27,33H,12-15,18H2,1H3/t26-,27-,29+,30+/m1/s1. The van der Waals surface area contributed by atoms with E-state index in [1.807, 2.05) is 43.3 Å². The van der Waals surface area contributed by atoms with Crippen LogP contribution >= 0.6 is 0 Å². The Bertz CT molecular complexity index is 1520. The van der Waals surface area contributed by atoms with E-state index in [0.717, 1.165) is 29.3 Å². The smallest absolute Gasteiger partial charge is 0.234 e. The molecule has 6 rings (SSSR count). The number of amides is 1. The number of nitrogens with zero attached hydrogens (tertiary/aromatic N) is 3. The Kier molecular flexibility index (Phi) is 5.29. The van der Waals surface area contributed by atoms with Gasteiger partial charge in [-0.05, 0) is 62.6 Å². The second-order valence-electron chi connectivity index (χ2n) is 10.5. The van der Waals surface area contributed by atoms with Gasteiger partial charge in [-0.1, -0.05) is 24.3 Å². The van der Waals surface area contributed by atoms with Gasteiger partial charge in [0.2, 0.25) is 5.91 Å². The van der Waals surface area contributed by atoms with Crippen LogP contribution in [0.25, 0.3) is 10.8 Å². The summed E-state index contributed by atoms with van der Waals surface area (Å²) in [5, 5.41) is 23.5. The van der Waals surface area contributed by atoms with Gasteiger partial charge in [-0.25, -0.2) is 0 Å². The quantitative estimate of drug-likeness (QED) is 0.562. The fourth-order valence-corrected chi connectivity index (χ4v) is 6.75. The maximum Gasteiger partial charge on any atom is 0.234 e. The Labute approximate surface area is 215 Å². The number of Topliss-reactive ketones (excluding diaryl/α,β-unsaturated/α-hetero) is 1. The lowest BCUT2D eigenvalue weighted by Gasteiger charge is -2.43. The number of rotatable bonds is 5. The van der Waals surface area contributed by atoms with Crippen molar-refractivity contribution in [2.75, 3.05) is 23.3 Å². The molecule has 4 atom stereocenters. The van der Waals surface area contributed by atoms with Crippen molar-refractivity contribution in [2.24, 2.45) is 11.8 Å². The second-order valence-corrected chi connectivity index (χ2v) is 10.5. The number of nitrogens with one attached hydrogen (secondary N) is 1. The Morgan fingerprint density at radius 1 is 0.973 bits per heavy atom. The lowest BCUT2D eigenvalue weighted by Crippen LogP contribution is -2.59. The highest BCUT2D eigenvalue weighted by molar-refractivity contribution is 6.13. The van der Waals surface area contributed by atoms with Gasteiger partial charge >= 0.3 is 0 Å². The van der Waals surface area contributed by atoms with Gasteiger partial charge in [-0.3, -0.25) is 9.59 Å². The minimum atomic E-state index is -0.715. The second kappa shape index (κ2) is 8.44. The van der Waals surface area contributed by atoms with Crippen molar-refractivity contribution >= 4 is 33.8 Å². The molecule has 3 aliphatic rings. The number of hydrogen-bond acceptors (Lipinski definition) is 6. The first-order valence-corrected chi connectivity index (χ1v) is 12.6. The Balaban J connectivity index is 1.32. The monoisotopic (exact) mass is 490 g/mol. The van der Waals surface area contributed by atoms with Crippen LogP contribution in [-0.2, 0) is 14.3 Å². The molecule has 7 heteroatoms. The van der Waals surface area contributed by atoms with E-state index in [9.17, 15) is 14.9 Å². The third-order valence-corrected chi connectivity index (χ3v) is 8.44. The molecule has 0 saturated carbocycles. The van der Waals surface area contributed by atoms with E-state index in [1.54, 1.807) is 29.2 Å². The van der Waals surface area contributed by atoms with Crippen molar-refractivity contribution in [1.29, 1.82) is 10.5 Å². The number of carbonyl (C=O) groups excluding carboxylic acids is 2. The number of carbonyl (C=O) groups is 2. The Morgan fingerprint density at radius 3 is 2.46 bits per heavy atom. The number of hydrogen-bond donors (Lipinski definition) is 1. The number of nitriles is 2. The average molecular weight is 491 g/mol. The zero-order valence-corrected chi connectivity index (χ0v) is 20.5. The van der Waals surface area contributed by atoms with Crippen LogP contribution in [0.3, 0.4) is 0 Å². The molecule has 3 fully saturated rings. The van der Waals surface area contributed by atoms with Crippen LogP contribution < -0.4 is 10.2 Å². The molecule has 3 saturated heterocycles. The number of ether oxygens (including phenoxy) is 1. The Morgan fingerprint density at radius 2 is 1.73 bits per heavy atom. The number of piperidine rings is 1. The molecule has 2 bridgehead atoms. The van der Waals surface area contributed by atoms with Crippen LogP contribution in [-0.4, -0.2) is 36.0 Å². The van der Waals surface area contributed by atoms with Crippen molar-refractivity contribution in [3.8, 4) is 12.1 Å². The minimum absolute atomic E-state index is 0.00835. The first-order chi connectivity index (χ1) is 17.9. The van der Waals surface area contributed by atoms with Gasteiger partial charge in [0.15, 0.2) is 5.78 Å². The molecule has 0 unspecified atom stereocenters. The normalized spacial score (nSPS) is 28.1. The first kappa shape index (κ1) is 23.2. The molecule has 0 radical (unpaired) electrons. The van der Waals surface area contributed by atoms with Crippen molar-refractivity contribution < 1.29 is 14.3 Å². The highest BCUT2D eigenvalue weighted by Crippen LogP contribution is 2.61. The molecule has 37 heavy (non-hydrogen) atoms. The zero-order valence-electron chi connectivity index (χ0n) is 20.5. The molecule has 0 spiro atoms. The summed E-state index contributed by atoms with van der Waals surface area (Å²) in [5.74, 6) is -1.06. The molecule has 184 valence electrons. The summed E-state index contributed by atoms with van der Waals surface area (Å²) in [7, 11) is 0. The Hall–Kier alpha value is -4.20. The fraction of sp³-hybridized carbons (Fsp3) is 0.333. The SMILES string of the molecule is C[C@@]12CC[C@@](CCNc3ccc(C#N)cc3)(O1)[C@H]1C(=O)N(c3ccc(C#N)c4ccccc34)CC(=O)[C@H]12. The molecule has 3 aromatic rings. The van der Waals surface area contributed by atoms with Gasteiger partial charge in [0.25, 0.3) is 0 Å². The van der Waals surface area contributed by atoms with Crippen LogP contribution in [0.2, 0.25) is 0 Å². The predicted molar refractivity (Wildman–Crippen MR) is 139 cm³/mol. The molecule has 0 aromatic heterocycles. The molecule has 3 aliphatic heterocycles. The van der Waals surface area contributed by atoms with Gasteiger partial charge in [0.05, 0.1) is 58.5 Å². The molecular weight excluding hydrogens is 464 g/mol. The van der Waals surface area contributed by atoms with E-state index < -0.39 is 23.0 Å². The van der Waals surface area contributed by atoms with Gasteiger partial charge in [-0.2, -0.15) is 10.5 Å². The zero-order chi connectivity index (χ0) is 25.8. The highest BCUT2D eigenvalue weighted by Gasteiger charge is 2.70. The van der Waals surface area contributed by atoms with Crippen molar-refractivity contribution in [3.05, 3.63) is 71.8 Å². The van der Waals surface area contributed by atoms with E-state index in [0.29, 0.717) is 29.8 Å². The maximum atomic E-state index is 14.2. The van der Waals surface area contributed by atoms with E-state index in [4.69, 9.17) is 10.00 Å². The van der Waals surface area contributed by atoms with E-state index in [-0.39, 0.29) is 18.2 Å². The number of benzene rings is 3. The topological polar surface area (TPSA) is 106 Å². The van der Waals surface area contributed by atoms with Crippen molar-refractivity contribution in [2.45, 2.75) is 37.4 Å². The number of anilines is 2. The third-order valence-electron chi connectivity index (χ3n) is 8.44.